The van der Waals surface area contributed by atoms with Gasteiger partial charge >= 0.3 is 0 Å². The molecule has 0 saturated heterocycles. The summed E-state index contributed by atoms with van der Waals surface area (Å²) in [7, 11) is 1.71. The van der Waals surface area contributed by atoms with Crippen LogP contribution < -0.4 is 16.3 Å². The predicted octanol–water partition coefficient (Wildman–Crippen LogP) is 2.46. The number of nitrogens with zero attached hydrogens (tertiary/aromatic N) is 3. The van der Waals surface area contributed by atoms with Crippen LogP contribution in [0.4, 0.5) is 10.1 Å². The van der Waals surface area contributed by atoms with E-state index in [4.69, 9.17) is 0 Å². The first-order valence-electron chi connectivity index (χ1n) is 8.57. The fraction of sp³-hybridized carbons (Fsp3) is 0.0952. The Kier molecular flexibility index (Phi) is 4.07. The van der Waals surface area contributed by atoms with E-state index < -0.39 is 16.8 Å². The molecule has 140 valence electrons. The van der Waals surface area contributed by atoms with Crippen molar-refractivity contribution in [3.63, 3.8) is 0 Å². The zero-order chi connectivity index (χ0) is 20.0. The Hall–Kier alpha value is -3.74. The van der Waals surface area contributed by atoms with Crippen molar-refractivity contribution in [2.45, 2.75) is 6.92 Å². The van der Waals surface area contributed by atoms with E-state index in [2.05, 4.69) is 4.99 Å². The highest BCUT2D eigenvalue weighted by atomic mass is 19.1. The van der Waals surface area contributed by atoms with Crippen LogP contribution in [0.3, 0.4) is 0 Å². The Labute approximate surface area is 158 Å². The molecule has 0 atom stereocenters. The average Bonchev–Trinajstić information content (AvgIpc) is 2.91. The maximum Gasteiger partial charge on any atom is 0.279 e. The molecular weight excluding hydrogens is 361 g/mol. The fourth-order valence-corrected chi connectivity index (χ4v) is 3.23. The van der Waals surface area contributed by atoms with Crippen LogP contribution >= 0.6 is 0 Å². The second kappa shape index (κ2) is 6.45. The zero-order valence-electron chi connectivity index (χ0n) is 15.2. The molecule has 28 heavy (non-hydrogen) atoms. The van der Waals surface area contributed by atoms with Crippen LogP contribution in [0.15, 0.2) is 69.2 Å². The number of halogens is 1. The largest absolute Gasteiger partial charge is 0.505 e. The van der Waals surface area contributed by atoms with Crippen molar-refractivity contribution >= 4 is 5.69 Å². The SMILES string of the molecule is Cc1c(-c2c(O)c(=Nc3ccc(F)cc3)c2=O)c(=O)n(-c2ccccc2)n1C. The fourth-order valence-electron chi connectivity index (χ4n) is 3.23. The molecule has 6 nitrogen and oxygen atoms in total. The summed E-state index contributed by atoms with van der Waals surface area (Å²) < 4.78 is 16.1. The highest BCUT2D eigenvalue weighted by Crippen LogP contribution is 2.26. The molecule has 1 aromatic heterocycles. The first-order valence-corrected chi connectivity index (χ1v) is 8.57. The standard InChI is InChI=1S/C21H16FN3O3/c1-12-16(21(28)25(24(12)2)15-6-4-3-5-7-15)17-19(26)18(20(17)27)23-14-10-8-13(22)9-11-14/h3-11,26H,1-2H3. The first-order chi connectivity index (χ1) is 13.4. The van der Waals surface area contributed by atoms with Crippen LogP contribution in [-0.2, 0) is 7.05 Å². The second-order valence-electron chi connectivity index (χ2n) is 6.43. The Morgan fingerprint density at radius 3 is 2.21 bits per heavy atom. The van der Waals surface area contributed by atoms with Gasteiger partial charge in [-0.3, -0.25) is 14.3 Å². The molecule has 3 aromatic carbocycles. The normalized spacial score (nSPS) is 12.0. The second-order valence-corrected chi connectivity index (χ2v) is 6.43. The van der Waals surface area contributed by atoms with E-state index in [9.17, 15) is 19.1 Å². The number of para-hydroxylation sites is 1. The van der Waals surface area contributed by atoms with Crippen LogP contribution in [0, 0.1) is 12.7 Å². The van der Waals surface area contributed by atoms with Gasteiger partial charge in [0.25, 0.3) is 5.56 Å². The maximum absolute atomic E-state index is 13.0. The van der Waals surface area contributed by atoms with E-state index in [0.29, 0.717) is 17.1 Å². The van der Waals surface area contributed by atoms with Crippen molar-refractivity contribution in [1.29, 1.82) is 0 Å². The Morgan fingerprint density at radius 2 is 1.61 bits per heavy atom. The monoisotopic (exact) mass is 377 g/mol. The van der Waals surface area contributed by atoms with Gasteiger partial charge in [-0.25, -0.2) is 14.1 Å². The molecule has 0 unspecified atom stereocenters. The summed E-state index contributed by atoms with van der Waals surface area (Å²) in [5, 5.41) is 10.3. The quantitative estimate of drug-likeness (QED) is 0.596. The minimum absolute atomic E-state index is 0.0476. The van der Waals surface area contributed by atoms with E-state index in [1.807, 2.05) is 18.2 Å². The highest BCUT2D eigenvalue weighted by molar-refractivity contribution is 5.75. The molecule has 7 heteroatoms. The van der Waals surface area contributed by atoms with Crippen molar-refractivity contribution in [1.82, 2.24) is 9.36 Å². The zero-order valence-corrected chi connectivity index (χ0v) is 15.2. The molecule has 0 fully saturated rings. The molecule has 4 aromatic rings. The molecule has 0 aliphatic carbocycles. The van der Waals surface area contributed by atoms with Gasteiger partial charge in [0.1, 0.15) is 5.82 Å². The molecule has 0 aliphatic heterocycles. The summed E-state index contributed by atoms with van der Waals surface area (Å²) in [6, 6.07) is 14.2. The minimum atomic E-state index is -0.521. The number of hydrogen-bond acceptors (Lipinski definition) is 4. The molecule has 0 radical (unpaired) electrons. The molecule has 0 amide bonds. The van der Waals surface area contributed by atoms with Gasteiger partial charge in [0.2, 0.25) is 5.43 Å². The Balaban J connectivity index is 1.88. The van der Waals surface area contributed by atoms with E-state index >= 15 is 0 Å². The lowest BCUT2D eigenvalue weighted by Gasteiger charge is -2.08. The summed E-state index contributed by atoms with van der Waals surface area (Å²) in [5.41, 5.74) is 0.707. The first kappa shape index (κ1) is 17.7. The summed E-state index contributed by atoms with van der Waals surface area (Å²) in [4.78, 5) is 29.7. The minimum Gasteiger partial charge on any atom is -0.505 e. The summed E-state index contributed by atoms with van der Waals surface area (Å²) in [6.07, 6.45) is 0. The van der Waals surface area contributed by atoms with Crippen molar-refractivity contribution in [3.8, 4) is 22.6 Å². The van der Waals surface area contributed by atoms with Crippen LogP contribution in [0.5, 0.6) is 5.75 Å². The van der Waals surface area contributed by atoms with Gasteiger partial charge < -0.3 is 5.11 Å². The lowest BCUT2D eigenvalue weighted by atomic mass is 10.00. The summed E-state index contributed by atoms with van der Waals surface area (Å²) >= 11 is 0. The van der Waals surface area contributed by atoms with Gasteiger partial charge in [-0.15, -0.1) is 0 Å². The lowest BCUT2D eigenvalue weighted by molar-refractivity contribution is 0.463. The van der Waals surface area contributed by atoms with Gasteiger partial charge in [-0.05, 0) is 43.3 Å². The number of aromatic hydroxyl groups is 1. The number of aromatic nitrogens is 2. The smallest absolute Gasteiger partial charge is 0.279 e. The molecule has 0 aliphatic rings. The third-order valence-electron chi connectivity index (χ3n) is 4.77. The average molecular weight is 377 g/mol. The van der Waals surface area contributed by atoms with Crippen LogP contribution in [-0.4, -0.2) is 14.5 Å². The third kappa shape index (κ3) is 2.60. The topological polar surface area (TPSA) is 76.6 Å². The van der Waals surface area contributed by atoms with E-state index in [-0.39, 0.29) is 22.2 Å². The van der Waals surface area contributed by atoms with Gasteiger partial charge in [0, 0.05) is 12.7 Å². The van der Waals surface area contributed by atoms with Crippen LogP contribution in [0.2, 0.25) is 0 Å². The molecule has 0 spiro atoms. The van der Waals surface area contributed by atoms with E-state index in [1.165, 1.54) is 28.9 Å². The van der Waals surface area contributed by atoms with E-state index in [0.717, 1.165) is 0 Å². The van der Waals surface area contributed by atoms with E-state index in [1.54, 1.807) is 30.8 Å². The molecule has 1 N–H and O–H groups in total. The van der Waals surface area contributed by atoms with Gasteiger partial charge in [-0.2, -0.15) is 0 Å². The van der Waals surface area contributed by atoms with Crippen molar-refractivity contribution < 1.29 is 9.50 Å². The highest BCUT2D eigenvalue weighted by Gasteiger charge is 2.28. The van der Waals surface area contributed by atoms with Crippen molar-refractivity contribution in [2.24, 2.45) is 12.0 Å². The summed E-state index contributed by atoms with van der Waals surface area (Å²) in [5.74, 6) is -0.758. The number of benzene rings is 2. The van der Waals surface area contributed by atoms with Crippen LogP contribution in [0.1, 0.15) is 5.69 Å². The molecule has 0 saturated carbocycles. The maximum atomic E-state index is 13.0. The third-order valence-corrected chi connectivity index (χ3v) is 4.77. The van der Waals surface area contributed by atoms with Gasteiger partial charge in [0.15, 0.2) is 11.1 Å². The lowest BCUT2D eigenvalue weighted by Crippen LogP contribution is -2.35. The van der Waals surface area contributed by atoms with Crippen LogP contribution in [0.25, 0.3) is 16.8 Å². The predicted molar refractivity (Wildman–Crippen MR) is 103 cm³/mol. The molecule has 0 bridgehead atoms. The van der Waals surface area contributed by atoms with Gasteiger partial charge in [0.05, 0.1) is 22.5 Å². The molecular formula is C21H16FN3O3. The summed E-state index contributed by atoms with van der Waals surface area (Å²) in [6.45, 7) is 1.71. The molecule has 4 rings (SSSR count). The van der Waals surface area contributed by atoms with Crippen molar-refractivity contribution in [2.75, 3.05) is 0 Å². The Bertz CT molecular complexity index is 1320. The van der Waals surface area contributed by atoms with Gasteiger partial charge in [-0.1, -0.05) is 18.2 Å². The Morgan fingerprint density at radius 1 is 0.964 bits per heavy atom. The molecule has 1 heterocycles. The van der Waals surface area contributed by atoms with Crippen molar-refractivity contribution in [3.05, 3.63) is 92.0 Å². The number of hydrogen-bond donors (Lipinski definition) is 1. The number of rotatable bonds is 3.